The topological polar surface area (TPSA) is 80.3 Å². The van der Waals surface area contributed by atoms with Crippen LogP contribution in [0.3, 0.4) is 0 Å². The van der Waals surface area contributed by atoms with Gasteiger partial charge in [-0.3, -0.25) is 4.79 Å². The van der Waals surface area contributed by atoms with Gasteiger partial charge in [-0.05, 0) is 44.4 Å². The lowest BCUT2D eigenvalue weighted by atomic mass is 9.94. The van der Waals surface area contributed by atoms with Gasteiger partial charge in [0.05, 0.1) is 13.7 Å². The second kappa shape index (κ2) is 11.2. The second-order valence-corrected chi connectivity index (χ2v) is 7.46. The highest BCUT2D eigenvalue weighted by atomic mass is 16.5. The lowest BCUT2D eigenvalue weighted by molar-refractivity contribution is 0.0500. The molecular weight excluding hydrogens is 360 g/mol. The Hall–Kier alpha value is -1.83. The molecule has 7 nitrogen and oxygen atoms in total. The fraction of sp³-hybridized carbons (Fsp3) is 0.667. The lowest BCUT2D eigenvalue weighted by Gasteiger charge is -2.40. The van der Waals surface area contributed by atoms with Crippen LogP contribution in [0.2, 0.25) is 0 Å². The molecule has 0 radical (unpaired) electrons. The maximum atomic E-state index is 13.3. The minimum atomic E-state index is -0.0372. The van der Waals surface area contributed by atoms with Gasteiger partial charge in [-0.15, -0.1) is 0 Å². The van der Waals surface area contributed by atoms with Crippen LogP contribution < -0.4 is 14.8 Å². The van der Waals surface area contributed by atoms with Gasteiger partial charge in [-0.2, -0.15) is 0 Å². The SMILES string of the molecule is COCCCOc1cc(C(=O)N(C(C)C)C2CNCC(CO)C2)ccc1OC. The molecular formula is C21H34N2O5. The number of nitrogens with zero attached hydrogens (tertiary/aromatic N) is 1. The van der Waals surface area contributed by atoms with Crippen molar-refractivity contribution in [1.29, 1.82) is 0 Å². The van der Waals surface area contributed by atoms with Crippen molar-refractivity contribution in [2.75, 3.05) is 47.1 Å². The van der Waals surface area contributed by atoms with Gasteiger partial charge >= 0.3 is 0 Å². The van der Waals surface area contributed by atoms with Crippen LogP contribution in [-0.2, 0) is 4.74 Å². The molecule has 1 aromatic rings. The number of benzene rings is 1. The molecule has 2 unspecified atom stereocenters. The molecule has 1 fully saturated rings. The molecule has 1 saturated heterocycles. The number of aliphatic hydroxyl groups is 1. The van der Waals surface area contributed by atoms with Crippen molar-refractivity contribution in [3.63, 3.8) is 0 Å². The van der Waals surface area contributed by atoms with Crippen molar-refractivity contribution in [2.24, 2.45) is 5.92 Å². The minimum absolute atomic E-state index is 0.0372. The predicted molar refractivity (Wildman–Crippen MR) is 108 cm³/mol. The third-order valence-corrected chi connectivity index (χ3v) is 5.02. The number of amides is 1. The van der Waals surface area contributed by atoms with Crippen molar-refractivity contribution in [3.8, 4) is 11.5 Å². The molecule has 2 N–H and O–H groups in total. The molecule has 158 valence electrons. The smallest absolute Gasteiger partial charge is 0.254 e. The standard InChI is InChI=1S/C21H34N2O5/c1-15(2)23(18-10-16(14-24)12-22-13-18)21(25)17-6-7-19(27-4)20(11-17)28-9-5-8-26-3/h6-7,11,15-16,18,22,24H,5,8-10,12-14H2,1-4H3. The molecule has 1 aliphatic rings. The number of ether oxygens (including phenoxy) is 3. The summed E-state index contributed by atoms with van der Waals surface area (Å²) >= 11 is 0. The predicted octanol–water partition coefficient (Wildman–Crippen LogP) is 1.93. The van der Waals surface area contributed by atoms with Gasteiger partial charge in [-0.1, -0.05) is 0 Å². The van der Waals surface area contributed by atoms with E-state index in [-0.39, 0.29) is 30.5 Å². The highest BCUT2D eigenvalue weighted by Crippen LogP contribution is 2.30. The van der Waals surface area contributed by atoms with Gasteiger partial charge < -0.3 is 29.5 Å². The van der Waals surface area contributed by atoms with E-state index in [0.717, 1.165) is 25.9 Å². The zero-order chi connectivity index (χ0) is 20.5. The van der Waals surface area contributed by atoms with Gasteiger partial charge in [-0.25, -0.2) is 0 Å². The minimum Gasteiger partial charge on any atom is -0.493 e. The first-order valence-electron chi connectivity index (χ1n) is 9.95. The average molecular weight is 395 g/mol. The highest BCUT2D eigenvalue weighted by Gasteiger charge is 2.32. The third kappa shape index (κ3) is 5.83. The zero-order valence-electron chi connectivity index (χ0n) is 17.4. The molecule has 1 aromatic carbocycles. The Morgan fingerprint density at radius 1 is 1.25 bits per heavy atom. The van der Waals surface area contributed by atoms with Crippen LogP contribution >= 0.6 is 0 Å². The number of carbonyl (C=O) groups is 1. The van der Waals surface area contributed by atoms with E-state index < -0.39 is 0 Å². The van der Waals surface area contributed by atoms with E-state index in [0.29, 0.717) is 30.3 Å². The summed E-state index contributed by atoms with van der Waals surface area (Å²) in [6, 6.07) is 5.39. The Bertz CT molecular complexity index is 623. The molecule has 1 amide bonds. The molecule has 2 atom stereocenters. The molecule has 28 heavy (non-hydrogen) atoms. The molecule has 0 aromatic heterocycles. The molecule has 0 spiro atoms. The fourth-order valence-corrected chi connectivity index (χ4v) is 3.64. The number of hydrogen-bond acceptors (Lipinski definition) is 6. The number of nitrogens with one attached hydrogen (secondary N) is 1. The largest absolute Gasteiger partial charge is 0.493 e. The maximum absolute atomic E-state index is 13.3. The number of methoxy groups -OCH3 is 2. The summed E-state index contributed by atoms with van der Waals surface area (Å²) in [5.41, 5.74) is 0.572. The van der Waals surface area contributed by atoms with Gasteiger partial charge in [0.2, 0.25) is 0 Å². The molecule has 0 saturated carbocycles. The van der Waals surface area contributed by atoms with Crippen molar-refractivity contribution in [3.05, 3.63) is 23.8 Å². The Balaban J connectivity index is 2.19. The van der Waals surface area contributed by atoms with E-state index in [4.69, 9.17) is 14.2 Å². The molecule has 1 heterocycles. The second-order valence-electron chi connectivity index (χ2n) is 7.46. The average Bonchev–Trinajstić information content (AvgIpc) is 2.71. The van der Waals surface area contributed by atoms with Crippen molar-refractivity contribution in [2.45, 2.75) is 38.8 Å². The number of hydrogen-bond donors (Lipinski definition) is 2. The molecule has 7 heteroatoms. The third-order valence-electron chi connectivity index (χ3n) is 5.02. The van der Waals surface area contributed by atoms with E-state index in [1.165, 1.54) is 0 Å². The monoisotopic (exact) mass is 394 g/mol. The number of carbonyl (C=O) groups excluding carboxylic acids is 1. The first-order chi connectivity index (χ1) is 13.5. The van der Waals surface area contributed by atoms with Crippen LogP contribution in [0.4, 0.5) is 0 Å². The molecule has 0 aliphatic carbocycles. The number of aliphatic hydroxyl groups excluding tert-OH is 1. The van der Waals surface area contributed by atoms with Gasteiger partial charge in [0.15, 0.2) is 11.5 Å². The Kier molecular flexibility index (Phi) is 9.02. The van der Waals surface area contributed by atoms with E-state index in [1.54, 1.807) is 32.4 Å². The molecule has 1 aliphatic heterocycles. The zero-order valence-corrected chi connectivity index (χ0v) is 17.4. The van der Waals surface area contributed by atoms with E-state index in [2.05, 4.69) is 5.32 Å². The summed E-state index contributed by atoms with van der Waals surface area (Å²) in [6.07, 6.45) is 1.55. The summed E-state index contributed by atoms with van der Waals surface area (Å²) in [7, 11) is 3.24. The Labute approximate surface area is 168 Å². The number of piperidine rings is 1. The lowest BCUT2D eigenvalue weighted by Crippen LogP contribution is -2.54. The van der Waals surface area contributed by atoms with E-state index >= 15 is 0 Å². The van der Waals surface area contributed by atoms with Gasteiger partial charge in [0, 0.05) is 57.5 Å². The summed E-state index contributed by atoms with van der Waals surface area (Å²) in [5.74, 6) is 1.29. The molecule has 0 bridgehead atoms. The van der Waals surface area contributed by atoms with Crippen LogP contribution in [0.15, 0.2) is 18.2 Å². The maximum Gasteiger partial charge on any atom is 0.254 e. The van der Waals surface area contributed by atoms with Crippen LogP contribution in [0.5, 0.6) is 11.5 Å². The molecule has 2 rings (SSSR count). The summed E-state index contributed by atoms with van der Waals surface area (Å²) in [6.45, 7) is 6.79. The fourth-order valence-electron chi connectivity index (χ4n) is 3.64. The van der Waals surface area contributed by atoms with Crippen LogP contribution in [0, 0.1) is 5.92 Å². The van der Waals surface area contributed by atoms with Crippen molar-refractivity contribution >= 4 is 5.91 Å². The first-order valence-corrected chi connectivity index (χ1v) is 9.95. The normalized spacial score (nSPS) is 19.5. The van der Waals surface area contributed by atoms with Gasteiger partial charge in [0.1, 0.15) is 0 Å². The summed E-state index contributed by atoms with van der Waals surface area (Å²) < 4.78 is 16.2. The van der Waals surface area contributed by atoms with Gasteiger partial charge in [0.25, 0.3) is 5.91 Å². The Morgan fingerprint density at radius 2 is 2.04 bits per heavy atom. The first kappa shape index (κ1) is 22.5. The quantitative estimate of drug-likeness (QED) is 0.591. The van der Waals surface area contributed by atoms with Crippen molar-refractivity contribution < 1.29 is 24.1 Å². The van der Waals surface area contributed by atoms with Crippen molar-refractivity contribution in [1.82, 2.24) is 10.2 Å². The highest BCUT2D eigenvalue weighted by molar-refractivity contribution is 5.95. The van der Waals surface area contributed by atoms with Crippen LogP contribution in [0.1, 0.15) is 37.0 Å². The summed E-state index contributed by atoms with van der Waals surface area (Å²) in [5, 5.41) is 12.9. The van der Waals surface area contributed by atoms with Crippen LogP contribution in [-0.4, -0.2) is 75.1 Å². The number of rotatable bonds is 10. The van der Waals surface area contributed by atoms with E-state index in [1.807, 2.05) is 18.7 Å². The van der Waals surface area contributed by atoms with E-state index in [9.17, 15) is 9.90 Å². The Morgan fingerprint density at radius 3 is 2.68 bits per heavy atom. The summed E-state index contributed by atoms with van der Waals surface area (Å²) in [4.78, 5) is 15.2. The van der Waals surface area contributed by atoms with Crippen LogP contribution in [0.25, 0.3) is 0 Å².